The minimum absolute atomic E-state index is 0.0951. The van der Waals surface area contributed by atoms with E-state index in [0.717, 1.165) is 37.5 Å². The molecule has 2 aromatic rings. The molecular weight excluding hydrogens is 300 g/mol. The van der Waals surface area contributed by atoms with Crippen molar-refractivity contribution in [2.45, 2.75) is 13.8 Å². The van der Waals surface area contributed by atoms with E-state index >= 15 is 0 Å². The number of ether oxygens (including phenoxy) is 1. The molecule has 0 bridgehead atoms. The van der Waals surface area contributed by atoms with Crippen LogP contribution in [0.1, 0.15) is 21.5 Å². The number of methoxy groups -OCH3 is 1. The van der Waals surface area contributed by atoms with Crippen LogP contribution in [0.5, 0.6) is 5.75 Å². The third-order valence-corrected chi connectivity index (χ3v) is 4.48. The van der Waals surface area contributed by atoms with Crippen molar-refractivity contribution in [1.82, 2.24) is 4.90 Å². The molecule has 1 aliphatic rings. The first kappa shape index (κ1) is 16.4. The number of piperazine rings is 1. The van der Waals surface area contributed by atoms with E-state index < -0.39 is 0 Å². The number of hydrogen-bond acceptors (Lipinski definition) is 3. The Morgan fingerprint density at radius 2 is 1.50 bits per heavy atom. The number of carbonyl (C=O) groups excluding carboxylic acids is 1. The van der Waals surface area contributed by atoms with E-state index in [1.807, 2.05) is 29.2 Å². The van der Waals surface area contributed by atoms with Gasteiger partial charge in [-0.1, -0.05) is 6.07 Å². The molecule has 2 aromatic carbocycles. The highest BCUT2D eigenvalue weighted by Gasteiger charge is 2.22. The summed E-state index contributed by atoms with van der Waals surface area (Å²) in [5.41, 5.74) is 4.53. The molecule has 0 aromatic heterocycles. The molecule has 4 heteroatoms. The van der Waals surface area contributed by atoms with Crippen molar-refractivity contribution in [2.24, 2.45) is 0 Å². The lowest BCUT2D eigenvalue weighted by molar-refractivity contribution is 0.0746. The molecular formula is C20H24N2O2. The minimum Gasteiger partial charge on any atom is -0.497 e. The summed E-state index contributed by atoms with van der Waals surface area (Å²) >= 11 is 0. The van der Waals surface area contributed by atoms with Crippen LogP contribution in [0.25, 0.3) is 0 Å². The molecule has 24 heavy (non-hydrogen) atoms. The molecule has 1 amide bonds. The molecule has 0 aliphatic carbocycles. The summed E-state index contributed by atoms with van der Waals surface area (Å²) in [5.74, 6) is 0.865. The van der Waals surface area contributed by atoms with Crippen molar-refractivity contribution in [1.29, 1.82) is 0 Å². The molecule has 1 saturated heterocycles. The average Bonchev–Trinajstić information content (AvgIpc) is 2.60. The lowest BCUT2D eigenvalue weighted by Gasteiger charge is -2.36. The van der Waals surface area contributed by atoms with Gasteiger partial charge in [0.05, 0.1) is 7.11 Å². The first-order chi connectivity index (χ1) is 11.6. The quantitative estimate of drug-likeness (QED) is 0.869. The Morgan fingerprint density at radius 3 is 2.04 bits per heavy atom. The Morgan fingerprint density at radius 1 is 0.917 bits per heavy atom. The van der Waals surface area contributed by atoms with Gasteiger partial charge in [0.25, 0.3) is 5.91 Å². The first-order valence-corrected chi connectivity index (χ1v) is 8.33. The number of aryl methyl sites for hydroxylation is 2. The van der Waals surface area contributed by atoms with Crippen LogP contribution >= 0.6 is 0 Å². The lowest BCUT2D eigenvalue weighted by atomic mass is 10.1. The molecule has 0 N–H and O–H groups in total. The molecule has 1 heterocycles. The fourth-order valence-electron chi connectivity index (χ4n) is 3.22. The van der Waals surface area contributed by atoms with Gasteiger partial charge in [-0.05, 0) is 61.4 Å². The van der Waals surface area contributed by atoms with E-state index in [1.54, 1.807) is 7.11 Å². The van der Waals surface area contributed by atoms with E-state index in [2.05, 4.69) is 36.9 Å². The van der Waals surface area contributed by atoms with Crippen LogP contribution in [0, 0.1) is 13.8 Å². The average molecular weight is 324 g/mol. The fraction of sp³-hybridized carbons (Fsp3) is 0.350. The van der Waals surface area contributed by atoms with Crippen LogP contribution in [0.4, 0.5) is 5.69 Å². The van der Waals surface area contributed by atoms with Gasteiger partial charge in [0.15, 0.2) is 0 Å². The normalized spacial score (nSPS) is 14.6. The van der Waals surface area contributed by atoms with Gasteiger partial charge in [0.1, 0.15) is 5.75 Å². The largest absolute Gasteiger partial charge is 0.497 e. The van der Waals surface area contributed by atoms with Crippen LogP contribution in [0.3, 0.4) is 0 Å². The molecule has 4 nitrogen and oxygen atoms in total. The molecule has 126 valence electrons. The third-order valence-electron chi connectivity index (χ3n) is 4.48. The molecule has 0 unspecified atom stereocenters. The van der Waals surface area contributed by atoms with Crippen LogP contribution in [0.2, 0.25) is 0 Å². The number of hydrogen-bond donors (Lipinski definition) is 0. The molecule has 0 radical (unpaired) electrons. The maximum absolute atomic E-state index is 12.6. The highest BCUT2D eigenvalue weighted by atomic mass is 16.5. The number of amides is 1. The van der Waals surface area contributed by atoms with Gasteiger partial charge in [-0.15, -0.1) is 0 Å². The zero-order valence-corrected chi connectivity index (χ0v) is 14.6. The van der Waals surface area contributed by atoms with E-state index in [4.69, 9.17) is 4.74 Å². The molecule has 3 rings (SSSR count). The summed E-state index contributed by atoms with van der Waals surface area (Å²) in [6, 6.07) is 13.9. The summed E-state index contributed by atoms with van der Waals surface area (Å²) in [6.07, 6.45) is 0. The number of benzene rings is 2. The highest BCUT2D eigenvalue weighted by Crippen LogP contribution is 2.21. The fourth-order valence-corrected chi connectivity index (χ4v) is 3.22. The monoisotopic (exact) mass is 324 g/mol. The summed E-state index contributed by atoms with van der Waals surface area (Å²) in [7, 11) is 1.63. The van der Waals surface area contributed by atoms with Gasteiger partial charge in [-0.2, -0.15) is 0 Å². The van der Waals surface area contributed by atoms with Crippen LogP contribution in [-0.2, 0) is 0 Å². The second kappa shape index (κ2) is 6.95. The predicted molar refractivity (Wildman–Crippen MR) is 97.0 cm³/mol. The zero-order chi connectivity index (χ0) is 17.1. The standard InChI is InChI=1S/C20H24N2O2/c1-15-12-16(2)14-18(13-15)21-8-10-22(11-9-21)20(23)17-4-6-19(24-3)7-5-17/h4-7,12-14H,8-11H2,1-3H3. The van der Waals surface area contributed by atoms with E-state index in [0.29, 0.717) is 0 Å². The molecule has 1 aliphatic heterocycles. The van der Waals surface area contributed by atoms with Crippen molar-refractivity contribution in [2.75, 3.05) is 38.2 Å². The highest BCUT2D eigenvalue weighted by molar-refractivity contribution is 5.94. The smallest absolute Gasteiger partial charge is 0.253 e. The Kier molecular flexibility index (Phi) is 4.74. The number of anilines is 1. The third kappa shape index (κ3) is 3.53. The Balaban J connectivity index is 1.64. The SMILES string of the molecule is COc1ccc(C(=O)N2CCN(c3cc(C)cc(C)c3)CC2)cc1. The molecule has 0 spiro atoms. The van der Waals surface area contributed by atoms with Crippen LogP contribution in [0.15, 0.2) is 42.5 Å². The zero-order valence-electron chi connectivity index (χ0n) is 14.6. The van der Waals surface area contributed by atoms with Gasteiger partial charge < -0.3 is 14.5 Å². The maximum atomic E-state index is 12.6. The van der Waals surface area contributed by atoms with Gasteiger partial charge in [0, 0.05) is 37.4 Å². The summed E-state index contributed by atoms with van der Waals surface area (Å²) in [4.78, 5) is 16.9. The van der Waals surface area contributed by atoms with Crippen molar-refractivity contribution in [3.8, 4) is 5.75 Å². The van der Waals surface area contributed by atoms with Crippen LogP contribution in [-0.4, -0.2) is 44.1 Å². The summed E-state index contributed by atoms with van der Waals surface area (Å²) < 4.78 is 5.15. The minimum atomic E-state index is 0.0951. The van der Waals surface area contributed by atoms with E-state index in [-0.39, 0.29) is 5.91 Å². The Labute approximate surface area is 143 Å². The predicted octanol–water partition coefficient (Wildman–Crippen LogP) is 3.27. The van der Waals surface area contributed by atoms with Crippen molar-refractivity contribution in [3.05, 3.63) is 59.2 Å². The molecule has 1 fully saturated rings. The first-order valence-electron chi connectivity index (χ1n) is 8.33. The second-order valence-corrected chi connectivity index (χ2v) is 6.35. The van der Waals surface area contributed by atoms with E-state index in [1.165, 1.54) is 16.8 Å². The summed E-state index contributed by atoms with van der Waals surface area (Å²) in [5, 5.41) is 0. The van der Waals surface area contributed by atoms with Crippen molar-refractivity contribution in [3.63, 3.8) is 0 Å². The van der Waals surface area contributed by atoms with E-state index in [9.17, 15) is 4.79 Å². The topological polar surface area (TPSA) is 32.8 Å². The lowest BCUT2D eigenvalue weighted by Crippen LogP contribution is -2.48. The van der Waals surface area contributed by atoms with Gasteiger partial charge in [-0.3, -0.25) is 4.79 Å². The number of rotatable bonds is 3. The Bertz CT molecular complexity index is 697. The van der Waals surface area contributed by atoms with Crippen molar-refractivity contribution >= 4 is 11.6 Å². The molecule has 0 saturated carbocycles. The molecule has 0 atom stereocenters. The number of nitrogens with zero attached hydrogens (tertiary/aromatic N) is 2. The van der Waals surface area contributed by atoms with Gasteiger partial charge in [-0.25, -0.2) is 0 Å². The summed E-state index contributed by atoms with van der Waals surface area (Å²) in [6.45, 7) is 7.48. The van der Waals surface area contributed by atoms with Crippen LogP contribution < -0.4 is 9.64 Å². The Hall–Kier alpha value is -2.49. The van der Waals surface area contributed by atoms with Gasteiger partial charge >= 0.3 is 0 Å². The van der Waals surface area contributed by atoms with Crippen molar-refractivity contribution < 1.29 is 9.53 Å². The number of carbonyl (C=O) groups is 1. The second-order valence-electron chi connectivity index (χ2n) is 6.35. The van der Waals surface area contributed by atoms with Gasteiger partial charge in [0.2, 0.25) is 0 Å². The maximum Gasteiger partial charge on any atom is 0.253 e.